The highest BCUT2D eigenvalue weighted by Gasteiger charge is 2.51. The highest BCUT2D eigenvalue weighted by atomic mass is 19.4. The highest BCUT2D eigenvalue weighted by Crippen LogP contribution is 2.45. The van der Waals surface area contributed by atoms with Crippen LogP contribution in [-0.2, 0) is 26.7 Å². The van der Waals surface area contributed by atoms with Gasteiger partial charge in [-0.15, -0.1) is 0 Å². The van der Waals surface area contributed by atoms with Gasteiger partial charge in [0, 0.05) is 43.9 Å². The summed E-state index contributed by atoms with van der Waals surface area (Å²) in [5, 5.41) is 9.86. The molecule has 1 N–H and O–H groups in total. The molecule has 3 heterocycles. The number of halogens is 7. The van der Waals surface area contributed by atoms with E-state index in [1.807, 2.05) is 0 Å². The van der Waals surface area contributed by atoms with Crippen molar-refractivity contribution in [2.75, 3.05) is 19.6 Å². The van der Waals surface area contributed by atoms with Crippen LogP contribution in [0, 0.1) is 11.7 Å². The Kier molecular flexibility index (Phi) is 8.03. The van der Waals surface area contributed by atoms with Gasteiger partial charge in [-0.3, -0.25) is 9.59 Å². The van der Waals surface area contributed by atoms with Crippen LogP contribution in [0.2, 0.25) is 0 Å². The summed E-state index contributed by atoms with van der Waals surface area (Å²) in [6, 6.07) is 6.08. The zero-order valence-electron chi connectivity index (χ0n) is 22.5. The summed E-state index contributed by atoms with van der Waals surface area (Å²) in [5.41, 5.74) is -2.72. The Labute approximate surface area is 237 Å². The molecule has 2 unspecified atom stereocenters. The maximum absolute atomic E-state index is 13.8. The zero-order chi connectivity index (χ0) is 30.6. The van der Waals surface area contributed by atoms with Crippen LogP contribution in [0.15, 0.2) is 42.5 Å². The van der Waals surface area contributed by atoms with Gasteiger partial charge in [-0.2, -0.15) is 26.3 Å². The van der Waals surface area contributed by atoms with Gasteiger partial charge in [0.25, 0.3) is 0 Å². The molecule has 0 radical (unpaired) electrons. The van der Waals surface area contributed by atoms with E-state index in [1.54, 1.807) is 0 Å². The standard InChI is InChI=1S/C29H29F7N2O4/c1-15(17-8-19(28(31,32)33)12-20(9-17)29(34,35)36)42-24-14-38-23(26(24)16-2-4-21(30)5-3-16)10-18(11-25(38)40)27(41)37-7-6-22(39)13-37/h2-5,8-9,12,15,18,22-24,26,39H,6-7,10-11,13-14H2,1H3/t15-,18?,22?,23+,24+,26+/m1/s1. The van der Waals surface area contributed by atoms with Crippen LogP contribution in [0.1, 0.15) is 60.5 Å². The topological polar surface area (TPSA) is 70.1 Å². The Morgan fingerprint density at radius 1 is 1.00 bits per heavy atom. The summed E-state index contributed by atoms with van der Waals surface area (Å²) >= 11 is 0. The second kappa shape index (κ2) is 11.1. The van der Waals surface area contributed by atoms with Crippen molar-refractivity contribution in [1.29, 1.82) is 0 Å². The average molecular weight is 603 g/mol. The van der Waals surface area contributed by atoms with Crippen LogP contribution >= 0.6 is 0 Å². The maximum Gasteiger partial charge on any atom is 0.416 e. The van der Waals surface area contributed by atoms with Crippen molar-refractivity contribution in [2.45, 2.75) is 68.8 Å². The summed E-state index contributed by atoms with van der Waals surface area (Å²) in [7, 11) is 0. The molecule has 6 atom stereocenters. The van der Waals surface area contributed by atoms with Gasteiger partial charge in [-0.25, -0.2) is 4.39 Å². The van der Waals surface area contributed by atoms with Gasteiger partial charge in [0.1, 0.15) is 5.82 Å². The van der Waals surface area contributed by atoms with E-state index in [0.29, 0.717) is 30.7 Å². The molecule has 3 saturated heterocycles. The lowest BCUT2D eigenvalue weighted by atomic mass is 9.81. The number of piperidine rings is 1. The molecule has 13 heteroatoms. The van der Waals surface area contributed by atoms with Gasteiger partial charge >= 0.3 is 12.4 Å². The third kappa shape index (κ3) is 6.12. The molecule has 5 rings (SSSR count). The van der Waals surface area contributed by atoms with Crippen molar-refractivity contribution < 1.29 is 50.2 Å². The fourth-order valence-corrected chi connectivity index (χ4v) is 6.34. The number of β-amino-alcohol motifs (C(OH)–C–C–N with tert-alkyl or cyclic N) is 1. The molecule has 0 saturated carbocycles. The predicted molar refractivity (Wildman–Crippen MR) is 134 cm³/mol. The Morgan fingerprint density at radius 3 is 2.17 bits per heavy atom. The van der Waals surface area contributed by atoms with Gasteiger partial charge in [0.2, 0.25) is 11.8 Å². The van der Waals surface area contributed by atoms with E-state index in [0.717, 1.165) is 0 Å². The molecule has 2 aromatic carbocycles. The molecular weight excluding hydrogens is 573 g/mol. The average Bonchev–Trinajstić information content (AvgIpc) is 3.51. The SMILES string of the molecule is C[C@@H](O[C@H]1CN2C(=O)CC(C(=O)N3CCC(O)C3)C[C@H]2[C@@H]1c1ccc(F)cc1)c1cc(C(F)(F)F)cc(C(F)(F)F)c1. The minimum atomic E-state index is -5.03. The molecule has 3 aliphatic heterocycles. The Hall–Kier alpha value is -3.19. The number of carbonyl (C=O) groups is 2. The summed E-state index contributed by atoms with van der Waals surface area (Å²) in [6.45, 7) is 1.85. The van der Waals surface area contributed by atoms with Crippen molar-refractivity contribution in [3.63, 3.8) is 0 Å². The zero-order valence-corrected chi connectivity index (χ0v) is 22.5. The molecule has 2 amide bonds. The molecule has 2 aromatic rings. The van der Waals surface area contributed by atoms with Crippen molar-refractivity contribution in [3.8, 4) is 0 Å². The van der Waals surface area contributed by atoms with E-state index in [4.69, 9.17) is 4.74 Å². The molecule has 0 bridgehead atoms. The number of alkyl halides is 6. The number of benzene rings is 2. The number of ether oxygens (including phenoxy) is 1. The number of likely N-dealkylation sites (tertiary alicyclic amines) is 1. The number of nitrogens with zero attached hydrogens (tertiary/aromatic N) is 2. The fraction of sp³-hybridized carbons (Fsp3) is 0.517. The lowest BCUT2D eigenvalue weighted by Gasteiger charge is -2.37. The predicted octanol–water partition coefficient (Wildman–Crippen LogP) is 5.31. The molecule has 228 valence electrons. The second-order valence-electron chi connectivity index (χ2n) is 11.2. The molecule has 0 spiro atoms. The number of carbonyl (C=O) groups excluding carboxylic acids is 2. The molecule has 3 fully saturated rings. The number of aliphatic hydroxyl groups is 1. The molecule has 0 aliphatic carbocycles. The third-order valence-electron chi connectivity index (χ3n) is 8.40. The summed E-state index contributed by atoms with van der Waals surface area (Å²) < 4.78 is 101. The minimum absolute atomic E-state index is 0.00961. The minimum Gasteiger partial charge on any atom is -0.391 e. The van der Waals surface area contributed by atoms with Gasteiger partial charge in [0.05, 0.1) is 29.4 Å². The molecular formula is C29H29F7N2O4. The first-order valence-electron chi connectivity index (χ1n) is 13.6. The highest BCUT2D eigenvalue weighted by molar-refractivity contribution is 5.88. The van der Waals surface area contributed by atoms with Crippen molar-refractivity contribution in [2.24, 2.45) is 5.92 Å². The van der Waals surface area contributed by atoms with E-state index >= 15 is 0 Å². The lowest BCUT2D eigenvalue weighted by Crippen LogP contribution is -2.48. The Balaban J connectivity index is 1.45. The van der Waals surface area contributed by atoms with Gasteiger partial charge in [-0.05, 0) is 61.2 Å². The van der Waals surface area contributed by atoms with Crippen LogP contribution in [0.4, 0.5) is 30.7 Å². The molecule has 3 aliphatic rings. The molecule has 0 aromatic heterocycles. The van der Waals surface area contributed by atoms with Crippen LogP contribution in [0.25, 0.3) is 0 Å². The number of hydrogen-bond donors (Lipinski definition) is 1. The molecule has 6 nitrogen and oxygen atoms in total. The second-order valence-corrected chi connectivity index (χ2v) is 11.2. The lowest BCUT2D eigenvalue weighted by molar-refractivity contribution is -0.146. The van der Waals surface area contributed by atoms with E-state index in [-0.39, 0.29) is 49.4 Å². The van der Waals surface area contributed by atoms with Crippen molar-refractivity contribution in [3.05, 3.63) is 70.5 Å². The van der Waals surface area contributed by atoms with Crippen LogP contribution in [0.5, 0.6) is 0 Å². The summed E-state index contributed by atoms with van der Waals surface area (Å²) in [4.78, 5) is 29.5. The van der Waals surface area contributed by atoms with E-state index in [9.17, 15) is 45.4 Å². The number of aliphatic hydroxyl groups excluding tert-OH is 1. The van der Waals surface area contributed by atoms with E-state index < -0.39 is 65.5 Å². The molecule has 42 heavy (non-hydrogen) atoms. The largest absolute Gasteiger partial charge is 0.416 e. The van der Waals surface area contributed by atoms with Crippen LogP contribution < -0.4 is 0 Å². The Bertz CT molecular complexity index is 1300. The van der Waals surface area contributed by atoms with Gasteiger partial charge in [0.15, 0.2) is 0 Å². The monoisotopic (exact) mass is 602 g/mol. The quantitative estimate of drug-likeness (QED) is 0.472. The fourth-order valence-electron chi connectivity index (χ4n) is 6.34. The number of fused-ring (bicyclic) bond motifs is 1. The van der Waals surface area contributed by atoms with Gasteiger partial charge in [-0.1, -0.05) is 12.1 Å². The van der Waals surface area contributed by atoms with Gasteiger partial charge < -0.3 is 19.6 Å². The number of rotatable bonds is 5. The Morgan fingerprint density at radius 2 is 1.62 bits per heavy atom. The summed E-state index contributed by atoms with van der Waals surface area (Å²) in [6.07, 6.45) is -12.2. The van der Waals surface area contributed by atoms with Crippen LogP contribution in [0.3, 0.4) is 0 Å². The smallest absolute Gasteiger partial charge is 0.391 e. The van der Waals surface area contributed by atoms with E-state index in [1.165, 1.54) is 41.0 Å². The first kappa shape index (κ1) is 30.3. The maximum atomic E-state index is 13.8. The van der Waals surface area contributed by atoms with E-state index in [2.05, 4.69) is 0 Å². The normalized spacial score (nSPS) is 27.4. The van der Waals surface area contributed by atoms with Crippen molar-refractivity contribution >= 4 is 11.8 Å². The number of amides is 2. The first-order chi connectivity index (χ1) is 19.6. The third-order valence-corrected chi connectivity index (χ3v) is 8.40. The first-order valence-corrected chi connectivity index (χ1v) is 13.6. The van der Waals surface area contributed by atoms with Crippen LogP contribution in [-0.4, -0.2) is 64.6 Å². The van der Waals surface area contributed by atoms with Crippen molar-refractivity contribution in [1.82, 2.24) is 9.80 Å². The number of hydrogen-bond acceptors (Lipinski definition) is 4. The summed E-state index contributed by atoms with van der Waals surface area (Å²) in [5.74, 6) is -2.44.